The van der Waals surface area contributed by atoms with Gasteiger partial charge < -0.3 is 4.74 Å². The number of halogens is 1. The topological polar surface area (TPSA) is 9.23 Å². The lowest BCUT2D eigenvalue weighted by molar-refractivity contribution is 0.134. The van der Waals surface area contributed by atoms with E-state index in [1.807, 2.05) is 12.1 Å². The molecule has 1 aromatic rings. The van der Waals surface area contributed by atoms with Gasteiger partial charge in [0, 0.05) is 18.2 Å². The minimum Gasteiger partial charge on any atom is -0.381 e. The molecule has 0 fully saturated rings. The quantitative estimate of drug-likeness (QED) is 0.538. The van der Waals surface area contributed by atoms with Gasteiger partial charge in [0.1, 0.15) is 0 Å². The van der Waals surface area contributed by atoms with E-state index in [-0.39, 0.29) is 0 Å². The molecule has 0 saturated heterocycles. The maximum atomic E-state index is 5.85. The monoisotopic (exact) mass is 267 g/mol. The van der Waals surface area contributed by atoms with Crippen LogP contribution < -0.4 is 0 Å². The van der Waals surface area contributed by atoms with Gasteiger partial charge in [0.15, 0.2) is 0 Å². The molecule has 0 aromatic heterocycles. The standard InChI is InChI=1S/C16H24ClO/c1-2-13-18-14-7-5-3-4-6-8-15-9-11-16(17)12-10-15/h9-12H,1-8,13-14H2. The van der Waals surface area contributed by atoms with Crippen LogP contribution in [0.5, 0.6) is 0 Å². The lowest BCUT2D eigenvalue weighted by Crippen LogP contribution is -1.95. The molecule has 0 unspecified atom stereocenters. The third-order valence-electron chi connectivity index (χ3n) is 2.96. The fraction of sp³-hybridized carbons (Fsp3) is 0.562. The van der Waals surface area contributed by atoms with Gasteiger partial charge in [-0.1, -0.05) is 49.9 Å². The van der Waals surface area contributed by atoms with Crippen molar-refractivity contribution in [2.75, 3.05) is 13.2 Å². The lowest BCUT2D eigenvalue weighted by atomic mass is 10.1. The maximum absolute atomic E-state index is 5.85. The molecule has 2 heteroatoms. The van der Waals surface area contributed by atoms with E-state index in [0.717, 1.165) is 31.1 Å². The van der Waals surface area contributed by atoms with Gasteiger partial charge in [0.05, 0.1) is 0 Å². The highest BCUT2D eigenvalue weighted by molar-refractivity contribution is 6.30. The van der Waals surface area contributed by atoms with Crippen molar-refractivity contribution in [3.8, 4) is 0 Å². The molecule has 1 aromatic carbocycles. The van der Waals surface area contributed by atoms with Crippen LogP contribution in [0.15, 0.2) is 24.3 Å². The molecule has 0 bridgehead atoms. The van der Waals surface area contributed by atoms with Crippen LogP contribution in [-0.2, 0) is 11.2 Å². The van der Waals surface area contributed by atoms with Gasteiger partial charge in [-0.2, -0.15) is 0 Å². The van der Waals surface area contributed by atoms with Crippen LogP contribution in [0.25, 0.3) is 0 Å². The van der Waals surface area contributed by atoms with Gasteiger partial charge in [-0.3, -0.25) is 0 Å². The van der Waals surface area contributed by atoms with Gasteiger partial charge in [0.25, 0.3) is 0 Å². The van der Waals surface area contributed by atoms with Crippen molar-refractivity contribution in [2.45, 2.75) is 44.9 Å². The van der Waals surface area contributed by atoms with Crippen LogP contribution in [-0.4, -0.2) is 13.2 Å². The average Bonchev–Trinajstić information content (AvgIpc) is 2.39. The molecule has 0 aliphatic heterocycles. The first-order chi connectivity index (χ1) is 8.83. The number of benzene rings is 1. The summed E-state index contributed by atoms with van der Waals surface area (Å²) in [5.74, 6) is 0. The van der Waals surface area contributed by atoms with Crippen molar-refractivity contribution in [2.24, 2.45) is 0 Å². The largest absolute Gasteiger partial charge is 0.381 e. The van der Waals surface area contributed by atoms with Crippen molar-refractivity contribution in [1.82, 2.24) is 0 Å². The van der Waals surface area contributed by atoms with Crippen LogP contribution in [0.1, 0.15) is 44.1 Å². The van der Waals surface area contributed by atoms with Gasteiger partial charge >= 0.3 is 0 Å². The molecule has 0 heterocycles. The van der Waals surface area contributed by atoms with Crippen molar-refractivity contribution >= 4 is 11.6 Å². The third-order valence-corrected chi connectivity index (χ3v) is 3.21. The van der Waals surface area contributed by atoms with Gasteiger partial charge in [-0.15, -0.1) is 0 Å². The Morgan fingerprint density at radius 1 is 0.889 bits per heavy atom. The van der Waals surface area contributed by atoms with Crippen LogP contribution >= 0.6 is 11.6 Å². The number of unbranched alkanes of at least 4 members (excludes halogenated alkanes) is 4. The van der Waals surface area contributed by atoms with E-state index in [1.54, 1.807) is 0 Å². The molecule has 101 valence electrons. The fourth-order valence-electron chi connectivity index (χ4n) is 1.92. The molecular formula is C16H24ClO. The number of hydrogen-bond donors (Lipinski definition) is 0. The molecular weight excluding hydrogens is 244 g/mol. The smallest absolute Gasteiger partial charge is 0.0466 e. The Labute approximate surface area is 116 Å². The molecule has 0 amide bonds. The summed E-state index contributed by atoms with van der Waals surface area (Å²) in [5.41, 5.74) is 1.39. The Kier molecular flexibility index (Phi) is 8.97. The first-order valence-corrected chi connectivity index (χ1v) is 7.32. The number of hydrogen-bond acceptors (Lipinski definition) is 1. The van der Waals surface area contributed by atoms with Crippen LogP contribution in [0.2, 0.25) is 5.02 Å². The van der Waals surface area contributed by atoms with Crippen molar-refractivity contribution in [3.63, 3.8) is 0 Å². The van der Waals surface area contributed by atoms with Gasteiger partial charge in [-0.25, -0.2) is 0 Å². The number of aryl methyl sites for hydroxylation is 1. The summed E-state index contributed by atoms with van der Waals surface area (Å²) in [6.45, 7) is 5.44. The Morgan fingerprint density at radius 2 is 1.56 bits per heavy atom. The fourth-order valence-corrected chi connectivity index (χ4v) is 2.04. The lowest BCUT2D eigenvalue weighted by Gasteiger charge is -2.03. The molecule has 1 nitrogen and oxygen atoms in total. The Balaban J connectivity index is 1.91. The zero-order chi connectivity index (χ0) is 13.1. The highest BCUT2D eigenvalue weighted by atomic mass is 35.5. The molecule has 18 heavy (non-hydrogen) atoms. The van der Waals surface area contributed by atoms with E-state index < -0.39 is 0 Å². The minimum atomic E-state index is 0.802. The molecule has 1 radical (unpaired) electrons. The second-order valence-electron chi connectivity index (χ2n) is 4.61. The highest BCUT2D eigenvalue weighted by Crippen LogP contribution is 2.13. The Bertz CT molecular complexity index is 294. The Morgan fingerprint density at radius 3 is 2.28 bits per heavy atom. The summed E-state index contributed by atoms with van der Waals surface area (Å²) in [5, 5.41) is 0.820. The Hall–Kier alpha value is -0.530. The summed E-state index contributed by atoms with van der Waals surface area (Å²) in [4.78, 5) is 0. The van der Waals surface area contributed by atoms with E-state index >= 15 is 0 Å². The molecule has 0 aliphatic carbocycles. The second-order valence-corrected chi connectivity index (χ2v) is 5.05. The minimum absolute atomic E-state index is 0.802. The molecule has 0 spiro atoms. The van der Waals surface area contributed by atoms with Crippen molar-refractivity contribution in [1.29, 1.82) is 0 Å². The molecule has 0 atom stereocenters. The zero-order valence-corrected chi connectivity index (χ0v) is 11.9. The van der Waals surface area contributed by atoms with E-state index in [9.17, 15) is 0 Å². The SMILES string of the molecule is [CH2]CCOCCCCCCCc1ccc(Cl)cc1. The first-order valence-electron chi connectivity index (χ1n) is 6.94. The van der Waals surface area contributed by atoms with E-state index in [4.69, 9.17) is 16.3 Å². The first kappa shape index (κ1) is 15.5. The summed E-state index contributed by atoms with van der Waals surface area (Å²) in [6.07, 6.45) is 8.37. The van der Waals surface area contributed by atoms with Crippen molar-refractivity contribution < 1.29 is 4.74 Å². The van der Waals surface area contributed by atoms with Crippen molar-refractivity contribution in [3.05, 3.63) is 41.8 Å². The molecule has 0 aliphatic rings. The third kappa shape index (κ3) is 7.73. The summed E-state index contributed by atoms with van der Waals surface area (Å²) >= 11 is 5.85. The predicted molar refractivity (Wildman–Crippen MR) is 79.0 cm³/mol. The second kappa shape index (κ2) is 10.4. The number of rotatable bonds is 10. The summed E-state index contributed by atoms with van der Waals surface area (Å²) in [7, 11) is 0. The molecule has 1 rings (SSSR count). The normalized spacial score (nSPS) is 10.8. The van der Waals surface area contributed by atoms with Crippen LogP contribution in [0.3, 0.4) is 0 Å². The summed E-state index contributed by atoms with van der Waals surface area (Å²) in [6, 6.07) is 8.18. The maximum Gasteiger partial charge on any atom is 0.0466 e. The van der Waals surface area contributed by atoms with Crippen LogP contribution in [0, 0.1) is 6.92 Å². The highest BCUT2D eigenvalue weighted by Gasteiger charge is 1.95. The predicted octanol–water partition coefficient (Wildman–Crippen LogP) is 5.07. The summed E-state index contributed by atoms with van der Waals surface area (Å²) < 4.78 is 5.39. The van der Waals surface area contributed by atoms with E-state index in [0.29, 0.717) is 0 Å². The van der Waals surface area contributed by atoms with Crippen LogP contribution in [0.4, 0.5) is 0 Å². The average molecular weight is 268 g/mol. The molecule has 0 saturated carbocycles. The van der Waals surface area contributed by atoms with E-state index in [1.165, 1.54) is 37.7 Å². The number of ether oxygens (including phenoxy) is 1. The van der Waals surface area contributed by atoms with Gasteiger partial charge in [-0.05, 0) is 43.4 Å². The molecule has 0 N–H and O–H groups in total. The van der Waals surface area contributed by atoms with E-state index in [2.05, 4.69) is 19.1 Å². The zero-order valence-electron chi connectivity index (χ0n) is 11.2. The van der Waals surface area contributed by atoms with Gasteiger partial charge in [0.2, 0.25) is 0 Å².